The molecule has 0 aliphatic carbocycles. The number of nitrogens with one attached hydrogen (secondary N) is 1. The normalized spacial score (nSPS) is 12.5. The third kappa shape index (κ3) is 15.0. The van der Waals surface area contributed by atoms with E-state index in [4.69, 9.17) is 5.73 Å². The smallest absolute Gasteiger partial charge is 0.271 e. The quantitative estimate of drug-likeness (QED) is 0.144. The largest absolute Gasteiger partial charge is 0.318 e. The molecule has 0 spiro atoms. The predicted molar refractivity (Wildman–Crippen MR) is 132 cm³/mol. The van der Waals surface area contributed by atoms with Crippen molar-refractivity contribution in [3.63, 3.8) is 0 Å². The maximum Gasteiger partial charge on any atom is 0.271 e. The summed E-state index contributed by atoms with van der Waals surface area (Å²) in [6.45, 7) is 5.44. The lowest BCUT2D eigenvalue weighted by atomic mass is 10.0. The van der Waals surface area contributed by atoms with Gasteiger partial charge in [0.25, 0.3) is 5.82 Å². The summed E-state index contributed by atoms with van der Waals surface area (Å²) < 4.78 is 2.28. The number of H-pyrrole nitrogens is 1. The zero-order valence-electron chi connectivity index (χ0n) is 20.6. The van der Waals surface area contributed by atoms with E-state index in [0.29, 0.717) is 0 Å². The van der Waals surface area contributed by atoms with Crippen LogP contribution in [0, 0.1) is 0 Å². The molecule has 176 valence electrons. The minimum atomic E-state index is 0.0881. The van der Waals surface area contributed by atoms with E-state index in [-0.39, 0.29) is 6.04 Å². The standard InChI is InChI=1S/C27H53N3/c1-3-4-5-6-7-8-9-10-11-12-13-14-15-16-17-18-19-20-21-22-24-30-25-23-29-27(30)26(2)28/h23,25-26H,3-22,24,28H2,1-2H3/p+1. The molecule has 30 heavy (non-hydrogen) atoms. The van der Waals surface area contributed by atoms with Crippen LogP contribution in [0.3, 0.4) is 0 Å². The molecule has 0 radical (unpaired) electrons. The molecule has 0 aliphatic rings. The van der Waals surface area contributed by atoms with Crippen molar-refractivity contribution in [2.24, 2.45) is 5.73 Å². The Hall–Kier alpha value is -0.830. The average Bonchev–Trinajstić information content (AvgIpc) is 3.21. The molecule has 1 unspecified atom stereocenters. The van der Waals surface area contributed by atoms with Gasteiger partial charge >= 0.3 is 0 Å². The van der Waals surface area contributed by atoms with Crippen molar-refractivity contribution < 1.29 is 4.57 Å². The summed E-state index contributed by atoms with van der Waals surface area (Å²) in [6, 6.07) is 0.0881. The summed E-state index contributed by atoms with van der Waals surface area (Å²) in [5, 5.41) is 0. The lowest BCUT2D eigenvalue weighted by Gasteiger charge is -2.05. The molecule has 3 N–H and O–H groups in total. The number of hydrogen-bond donors (Lipinski definition) is 2. The summed E-state index contributed by atoms with van der Waals surface area (Å²) in [4.78, 5) is 3.26. The number of nitrogens with two attached hydrogens (primary N) is 1. The Bertz CT molecular complexity index is 466. The Morgan fingerprint density at radius 3 is 1.40 bits per heavy atom. The molecule has 3 nitrogen and oxygen atoms in total. The van der Waals surface area contributed by atoms with Crippen LogP contribution >= 0.6 is 0 Å². The first-order valence-corrected chi connectivity index (χ1v) is 13.6. The topological polar surface area (TPSA) is 45.7 Å². The van der Waals surface area contributed by atoms with Gasteiger partial charge in [-0.25, -0.2) is 9.55 Å². The Labute approximate surface area is 188 Å². The minimum Gasteiger partial charge on any atom is -0.318 e. The molecule has 0 amide bonds. The summed E-state index contributed by atoms with van der Waals surface area (Å²) >= 11 is 0. The van der Waals surface area contributed by atoms with E-state index in [2.05, 4.69) is 22.7 Å². The van der Waals surface area contributed by atoms with Crippen LogP contribution in [0.15, 0.2) is 12.4 Å². The lowest BCUT2D eigenvalue weighted by Crippen LogP contribution is -2.38. The van der Waals surface area contributed by atoms with Crippen molar-refractivity contribution in [3.05, 3.63) is 18.2 Å². The lowest BCUT2D eigenvalue weighted by molar-refractivity contribution is -0.704. The van der Waals surface area contributed by atoms with Crippen molar-refractivity contribution in [3.8, 4) is 0 Å². The van der Waals surface area contributed by atoms with E-state index in [1.807, 2.05) is 13.1 Å². The van der Waals surface area contributed by atoms with Gasteiger partial charge < -0.3 is 5.73 Å². The number of nitrogens with zero attached hydrogens (tertiary/aromatic N) is 1. The molecule has 0 saturated heterocycles. The van der Waals surface area contributed by atoms with Crippen LogP contribution < -0.4 is 10.3 Å². The molecular formula is C27H54N3+. The zero-order valence-corrected chi connectivity index (χ0v) is 20.6. The highest BCUT2D eigenvalue weighted by atomic mass is 15.1. The van der Waals surface area contributed by atoms with Crippen molar-refractivity contribution in [2.75, 3.05) is 0 Å². The molecule has 0 bridgehead atoms. The number of rotatable bonds is 22. The average molecular weight is 421 g/mol. The van der Waals surface area contributed by atoms with Gasteiger partial charge in [0, 0.05) is 0 Å². The fraction of sp³-hybridized carbons (Fsp3) is 0.889. The molecule has 1 atom stereocenters. The number of aromatic nitrogens is 2. The van der Waals surface area contributed by atoms with Gasteiger partial charge in [-0.15, -0.1) is 0 Å². The second kappa shape index (κ2) is 20.1. The maximum absolute atomic E-state index is 5.99. The van der Waals surface area contributed by atoms with Gasteiger partial charge in [0.15, 0.2) is 0 Å². The molecule has 0 aromatic carbocycles. The number of aryl methyl sites for hydroxylation is 1. The van der Waals surface area contributed by atoms with Crippen molar-refractivity contribution in [1.29, 1.82) is 0 Å². The minimum absolute atomic E-state index is 0.0881. The van der Waals surface area contributed by atoms with Crippen LogP contribution in [0.4, 0.5) is 0 Å². The molecule has 3 heteroatoms. The van der Waals surface area contributed by atoms with Gasteiger partial charge in [-0.05, 0) is 19.8 Å². The summed E-state index contributed by atoms with van der Waals surface area (Å²) in [7, 11) is 0. The summed E-state index contributed by atoms with van der Waals surface area (Å²) in [6.07, 6.45) is 32.8. The van der Waals surface area contributed by atoms with E-state index >= 15 is 0 Å². The van der Waals surface area contributed by atoms with E-state index in [1.54, 1.807) is 0 Å². The first kappa shape index (κ1) is 27.2. The maximum atomic E-state index is 5.99. The summed E-state index contributed by atoms with van der Waals surface area (Å²) in [5.74, 6) is 1.15. The number of unbranched alkanes of at least 4 members (excludes halogenated alkanes) is 19. The van der Waals surface area contributed by atoms with Crippen LogP contribution in [0.5, 0.6) is 0 Å². The van der Waals surface area contributed by atoms with Gasteiger partial charge in [-0.3, -0.25) is 0 Å². The third-order valence-electron chi connectivity index (χ3n) is 6.48. The van der Waals surface area contributed by atoms with Crippen molar-refractivity contribution in [1.82, 2.24) is 4.98 Å². The fourth-order valence-electron chi connectivity index (χ4n) is 4.50. The molecule has 1 aromatic rings. The summed E-state index contributed by atoms with van der Waals surface area (Å²) in [5.41, 5.74) is 5.99. The monoisotopic (exact) mass is 420 g/mol. The molecule has 0 fully saturated rings. The van der Waals surface area contributed by atoms with Gasteiger partial charge in [-0.2, -0.15) is 0 Å². The van der Waals surface area contributed by atoms with Crippen LogP contribution in [0.25, 0.3) is 0 Å². The highest BCUT2D eigenvalue weighted by molar-refractivity contribution is 4.83. The first-order valence-electron chi connectivity index (χ1n) is 13.6. The Morgan fingerprint density at radius 1 is 0.667 bits per heavy atom. The van der Waals surface area contributed by atoms with Gasteiger partial charge in [-0.1, -0.05) is 122 Å². The van der Waals surface area contributed by atoms with Crippen LogP contribution in [0.1, 0.15) is 154 Å². The predicted octanol–water partition coefficient (Wildman–Crippen LogP) is 8.14. The number of imidazole rings is 1. The number of hydrogen-bond acceptors (Lipinski definition) is 1. The SMILES string of the molecule is CCCCCCCCCCCCCCCCCCCCCC[n+]1cc[nH]c1C(C)N. The Balaban J connectivity index is 1.73. The van der Waals surface area contributed by atoms with E-state index in [0.717, 1.165) is 12.4 Å². The zero-order chi connectivity index (χ0) is 21.7. The Kier molecular flexibility index (Phi) is 18.2. The van der Waals surface area contributed by atoms with E-state index in [9.17, 15) is 0 Å². The molecule has 0 saturated carbocycles. The Morgan fingerprint density at radius 2 is 1.03 bits per heavy atom. The first-order chi connectivity index (χ1) is 14.8. The second-order valence-corrected chi connectivity index (χ2v) is 9.54. The molecule has 1 heterocycles. The molecule has 0 aliphatic heterocycles. The van der Waals surface area contributed by atoms with Gasteiger partial charge in [0.1, 0.15) is 18.4 Å². The molecule has 1 aromatic heterocycles. The van der Waals surface area contributed by atoms with Gasteiger partial charge in [0.2, 0.25) is 0 Å². The molecule has 1 rings (SSSR count). The van der Waals surface area contributed by atoms with Crippen molar-refractivity contribution in [2.45, 2.75) is 155 Å². The number of aromatic amines is 1. The molecular weight excluding hydrogens is 366 g/mol. The van der Waals surface area contributed by atoms with E-state index in [1.165, 1.54) is 128 Å². The highest BCUT2D eigenvalue weighted by Gasteiger charge is 2.13. The van der Waals surface area contributed by atoms with Crippen LogP contribution in [-0.2, 0) is 6.54 Å². The van der Waals surface area contributed by atoms with Gasteiger partial charge in [0.05, 0.1) is 6.54 Å². The van der Waals surface area contributed by atoms with Crippen LogP contribution in [0.2, 0.25) is 0 Å². The van der Waals surface area contributed by atoms with E-state index < -0.39 is 0 Å². The third-order valence-corrected chi connectivity index (χ3v) is 6.48. The second-order valence-electron chi connectivity index (χ2n) is 9.54. The van der Waals surface area contributed by atoms with Crippen molar-refractivity contribution >= 4 is 0 Å². The highest BCUT2D eigenvalue weighted by Crippen LogP contribution is 2.14. The van der Waals surface area contributed by atoms with Crippen LogP contribution in [-0.4, -0.2) is 4.98 Å². The fourth-order valence-corrected chi connectivity index (χ4v) is 4.50.